The van der Waals surface area contributed by atoms with Crippen molar-refractivity contribution in [1.29, 1.82) is 0 Å². The Morgan fingerprint density at radius 1 is 1.24 bits per heavy atom. The Morgan fingerprint density at radius 3 is 2.67 bits per heavy atom. The van der Waals surface area contributed by atoms with Crippen LogP contribution >= 0.6 is 0 Å². The van der Waals surface area contributed by atoms with Gasteiger partial charge < -0.3 is 5.32 Å². The summed E-state index contributed by atoms with van der Waals surface area (Å²) in [6.45, 7) is 10.6. The van der Waals surface area contributed by atoms with Crippen LogP contribution in [0.5, 0.6) is 0 Å². The molecule has 0 spiro atoms. The molecule has 114 valence electrons. The molecule has 2 rings (SSSR count). The van der Waals surface area contributed by atoms with E-state index in [1.54, 1.807) is 0 Å². The summed E-state index contributed by atoms with van der Waals surface area (Å²) < 4.78 is 2.14. The molecule has 0 aliphatic carbocycles. The summed E-state index contributed by atoms with van der Waals surface area (Å²) in [5.74, 6) is 0.629. The number of nitrogens with zero attached hydrogens (tertiary/aromatic N) is 2. The average molecular weight is 285 g/mol. The molecular weight excluding hydrogens is 258 g/mol. The highest BCUT2D eigenvalue weighted by molar-refractivity contribution is 5.27. The van der Waals surface area contributed by atoms with E-state index in [2.05, 4.69) is 62.0 Å². The summed E-state index contributed by atoms with van der Waals surface area (Å²) in [4.78, 5) is 0. The third-order valence-corrected chi connectivity index (χ3v) is 4.05. The molecular formula is C18H27N3. The molecule has 1 N–H and O–H groups in total. The van der Waals surface area contributed by atoms with Crippen LogP contribution in [-0.4, -0.2) is 23.4 Å². The van der Waals surface area contributed by atoms with Crippen molar-refractivity contribution >= 4 is 0 Å². The first-order valence-corrected chi connectivity index (χ1v) is 7.74. The monoisotopic (exact) mass is 285 g/mol. The normalized spacial score (nSPS) is 12.6. The van der Waals surface area contributed by atoms with Crippen LogP contribution in [-0.2, 0) is 13.0 Å². The van der Waals surface area contributed by atoms with Gasteiger partial charge in [0.2, 0.25) is 0 Å². The van der Waals surface area contributed by atoms with Crippen LogP contribution in [0.2, 0.25) is 0 Å². The molecule has 2 aromatic rings. The Bertz CT molecular complexity index is 599. The second-order valence-corrected chi connectivity index (χ2v) is 6.16. The van der Waals surface area contributed by atoms with Crippen LogP contribution in [0, 0.1) is 26.7 Å². The lowest BCUT2D eigenvalue weighted by Gasteiger charge is -2.11. The molecule has 1 unspecified atom stereocenters. The Morgan fingerprint density at radius 2 is 2.00 bits per heavy atom. The fourth-order valence-corrected chi connectivity index (χ4v) is 2.94. The summed E-state index contributed by atoms with van der Waals surface area (Å²) in [6.07, 6.45) is 1.09. The number of hydrogen-bond acceptors (Lipinski definition) is 2. The summed E-state index contributed by atoms with van der Waals surface area (Å²) in [6, 6.07) is 8.66. The third-order valence-electron chi connectivity index (χ3n) is 4.05. The van der Waals surface area contributed by atoms with Gasteiger partial charge in [-0.2, -0.15) is 5.10 Å². The standard InChI is InChI=1S/C18H27N3/c1-13-7-6-8-17(9-13)12-21-16(4)18(15(3)20-21)10-14(2)11-19-5/h6-9,14,19H,10-12H2,1-5H3. The van der Waals surface area contributed by atoms with Crippen molar-refractivity contribution in [3.05, 3.63) is 52.3 Å². The van der Waals surface area contributed by atoms with E-state index in [9.17, 15) is 0 Å². The minimum Gasteiger partial charge on any atom is -0.319 e. The second-order valence-electron chi connectivity index (χ2n) is 6.16. The molecule has 1 atom stereocenters. The minimum atomic E-state index is 0.629. The zero-order chi connectivity index (χ0) is 15.4. The summed E-state index contributed by atoms with van der Waals surface area (Å²) in [5.41, 5.74) is 6.50. The van der Waals surface area contributed by atoms with Crippen LogP contribution in [0.1, 0.15) is 35.0 Å². The van der Waals surface area contributed by atoms with E-state index in [0.717, 1.165) is 19.5 Å². The van der Waals surface area contributed by atoms with Crippen LogP contribution in [0.15, 0.2) is 24.3 Å². The van der Waals surface area contributed by atoms with Crippen molar-refractivity contribution < 1.29 is 0 Å². The van der Waals surface area contributed by atoms with Gasteiger partial charge in [0, 0.05) is 5.69 Å². The van der Waals surface area contributed by atoms with E-state index < -0.39 is 0 Å². The molecule has 1 heterocycles. The van der Waals surface area contributed by atoms with Crippen molar-refractivity contribution in [1.82, 2.24) is 15.1 Å². The van der Waals surface area contributed by atoms with E-state index in [1.807, 2.05) is 7.05 Å². The molecule has 0 aliphatic rings. The fourth-order valence-electron chi connectivity index (χ4n) is 2.94. The van der Waals surface area contributed by atoms with Gasteiger partial charge in [0.15, 0.2) is 0 Å². The van der Waals surface area contributed by atoms with Gasteiger partial charge in [-0.05, 0) is 57.8 Å². The predicted octanol–water partition coefficient (Wildman–Crippen LogP) is 3.25. The average Bonchev–Trinajstić information content (AvgIpc) is 2.67. The minimum absolute atomic E-state index is 0.629. The van der Waals surface area contributed by atoms with Gasteiger partial charge in [-0.1, -0.05) is 36.8 Å². The number of rotatable bonds is 6. The summed E-state index contributed by atoms with van der Waals surface area (Å²) in [7, 11) is 2.01. The van der Waals surface area contributed by atoms with E-state index in [4.69, 9.17) is 5.10 Å². The first-order chi connectivity index (χ1) is 10.0. The van der Waals surface area contributed by atoms with Gasteiger partial charge in [-0.25, -0.2) is 0 Å². The molecule has 0 aliphatic heterocycles. The third kappa shape index (κ3) is 3.94. The fraction of sp³-hybridized carbons (Fsp3) is 0.500. The maximum Gasteiger partial charge on any atom is 0.0662 e. The van der Waals surface area contributed by atoms with Gasteiger partial charge in [0.05, 0.1) is 12.2 Å². The first-order valence-electron chi connectivity index (χ1n) is 7.74. The molecule has 0 radical (unpaired) electrons. The van der Waals surface area contributed by atoms with Gasteiger partial charge >= 0.3 is 0 Å². The topological polar surface area (TPSA) is 29.9 Å². The van der Waals surface area contributed by atoms with Gasteiger partial charge in [0.25, 0.3) is 0 Å². The molecule has 0 fully saturated rings. The molecule has 21 heavy (non-hydrogen) atoms. The molecule has 0 saturated heterocycles. The smallest absolute Gasteiger partial charge is 0.0662 e. The number of hydrogen-bond donors (Lipinski definition) is 1. The summed E-state index contributed by atoms with van der Waals surface area (Å²) >= 11 is 0. The Balaban J connectivity index is 2.18. The molecule has 0 amide bonds. The number of nitrogens with one attached hydrogen (secondary N) is 1. The van der Waals surface area contributed by atoms with Crippen molar-refractivity contribution in [2.75, 3.05) is 13.6 Å². The zero-order valence-corrected chi connectivity index (χ0v) is 13.9. The van der Waals surface area contributed by atoms with Crippen LogP contribution in [0.3, 0.4) is 0 Å². The van der Waals surface area contributed by atoms with E-state index in [-0.39, 0.29) is 0 Å². The van der Waals surface area contributed by atoms with Crippen molar-refractivity contribution in [2.45, 2.75) is 40.7 Å². The van der Waals surface area contributed by atoms with E-state index in [1.165, 1.54) is 28.1 Å². The van der Waals surface area contributed by atoms with Crippen LogP contribution in [0.25, 0.3) is 0 Å². The molecule has 1 aromatic carbocycles. The SMILES string of the molecule is CNCC(C)Cc1c(C)nn(Cc2cccc(C)c2)c1C. The molecule has 1 aromatic heterocycles. The maximum atomic E-state index is 4.74. The highest BCUT2D eigenvalue weighted by atomic mass is 15.3. The van der Waals surface area contributed by atoms with Crippen molar-refractivity contribution in [3.8, 4) is 0 Å². The van der Waals surface area contributed by atoms with E-state index in [0.29, 0.717) is 5.92 Å². The molecule has 3 nitrogen and oxygen atoms in total. The number of aryl methyl sites for hydroxylation is 2. The highest BCUT2D eigenvalue weighted by Crippen LogP contribution is 2.18. The number of aromatic nitrogens is 2. The molecule has 0 saturated carbocycles. The Labute approximate surface area is 128 Å². The largest absolute Gasteiger partial charge is 0.319 e. The quantitative estimate of drug-likeness (QED) is 0.883. The second kappa shape index (κ2) is 6.90. The Kier molecular flexibility index (Phi) is 5.18. The maximum absolute atomic E-state index is 4.74. The Hall–Kier alpha value is -1.61. The lowest BCUT2D eigenvalue weighted by Crippen LogP contribution is -2.18. The van der Waals surface area contributed by atoms with Crippen LogP contribution < -0.4 is 5.32 Å². The zero-order valence-electron chi connectivity index (χ0n) is 13.9. The van der Waals surface area contributed by atoms with E-state index >= 15 is 0 Å². The molecule has 3 heteroatoms. The lowest BCUT2D eigenvalue weighted by molar-refractivity contribution is 0.538. The van der Waals surface area contributed by atoms with Gasteiger partial charge in [0.1, 0.15) is 0 Å². The predicted molar refractivity (Wildman–Crippen MR) is 88.8 cm³/mol. The first kappa shape index (κ1) is 15.8. The molecule has 0 bridgehead atoms. The lowest BCUT2D eigenvalue weighted by atomic mass is 9.99. The summed E-state index contributed by atoms with van der Waals surface area (Å²) in [5, 5.41) is 8.00. The van der Waals surface area contributed by atoms with Crippen molar-refractivity contribution in [3.63, 3.8) is 0 Å². The number of benzene rings is 1. The van der Waals surface area contributed by atoms with Crippen molar-refractivity contribution in [2.24, 2.45) is 5.92 Å². The highest BCUT2D eigenvalue weighted by Gasteiger charge is 2.14. The van der Waals surface area contributed by atoms with Crippen LogP contribution in [0.4, 0.5) is 0 Å². The van der Waals surface area contributed by atoms with Gasteiger partial charge in [-0.3, -0.25) is 4.68 Å². The van der Waals surface area contributed by atoms with Gasteiger partial charge in [-0.15, -0.1) is 0 Å².